The van der Waals surface area contributed by atoms with E-state index < -0.39 is 0 Å². The highest BCUT2D eigenvalue weighted by molar-refractivity contribution is 5.83. The van der Waals surface area contributed by atoms with Gasteiger partial charge in [-0.25, -0.2) is 9.97 Å². The Morgan fingerprint density at radius 3 is 2.74 bits per heavy atom. The van der Waals surface area contributed by atoms with Crippen LogP contribution in [0.2, 0.25) is 0 Å². The Kier molecular flexibility index (Phi) is 2.76. The van der Waals surface area contributed by atoms with Crippen molar-refractivity contribution in [3.05, 3.63) is 54.4 Å². The minimum absolute atomic E-state index is 0.551. The summed E-state index contributed by atoms with van der Waals surface area (Å²) in [7, 11) is 0. The summed E-state index contributed by atoms with van der Waals surface area (Å²) in [4.78, 5) is 8.39. The van der Waals surface area contributed by atoms with Crippen molar-refractivity contribution in [2.24, 2.45) is 0 Å². The lowest BCUT2D eigenvalue weighted by atomic mass is 10.2. The zero-order valence-electron chi connectivity index (χ0n) is 10.5. The summed E-state index contributed by atoms with van der Waals surface area (Å²) in [5, 5.41) is 0.888. The summed E-state index contributed by atoms with van der Waals surface area (Å²) >= 11 is 0. The van der Waals surface area contributed by atoms with E-state index in [0.717, 1.165) is 27.9 Å². The average molecular weight is 251 g/mol. The molecule has 3 rings (SSSR count). The van der Waals surface area contributed by atoms with Crippen LogP contribution in [0.5, 0.6) is 11.6 Å². The number of nitrogens with zero attached hydrogens (tertiary/aromatic N) is 2. The van der Waals surface area contributed by atoms with Gasteiger partial charge in [-0.05, 0) is 42.8 Å². The fraction of sp³-hybridized carbons (Fsp3) is 0.0667. The summed E-state index contributed by atoms with van der Waals surface area (Å²) in [6.45, 7) is 1.94. The summed E-state index contributed by atoms with van der Waals surface area (Å²) in [6.07, 6.45) is 1.50. The smallest absolute Gasteiger partial charge is 0.230 e. The Morgan fingerprint density at radius 2 is 1.89 bits per heavy atom. The topological polar surface area (TPSA) is 61.0 Å². The first-order valence-corrected chi connectivity index (χ1v) is 5.98. The molecule has 0 aliphatic heterocycles. The molecule has 0 fully saturated rings. The number of ether oxygens (including phenoxy) is 1. The quantitative estimate of drug-likeness (QED) is 0.710. The number of para-hydroxylation sites is 1. The van der Waals surface area contributed by atoms with E-state index in [2.05, 4.69) is 9.97 Å². The Balaban J connectivity index is 2.03. The number of hydrogen-bond donors (Lipinski definition) is 1. The van der Waals surface area contributed by atoms with Gasteiger partial charge in [0.15, 0.2) is 0 Å². The van der Waals surface area contributed by atoms with Gasteiger partial charge in [-0.2, -0.15) is 0 Å². The van der Waals surface area contributed by atoms with E-state index in [0.29, 0.717) is 5.88 Å². The van der Waals surface area contributed by atoms with Crippen LogP contribution in [-0.4, -0.2) is 9.97 Å². The third kappa shape index (κ3) is 2.20. The monoisotopic (exact) mass is 251 g/mol. The molecule has 0 radical (unpaired) electrons. The zero-order valence-corrected chi connectivity index (χ0v) is 10.5. The van der Waals surface area contributed by atoms with Crippen molar-refractivity contribution in [3.8, 4) is 11.6 Å². The van der Waals surface area contributed by atoms with E-state index >= 15 is 0 Å². The second kappa shape index (κ2) is 4.57. The van der Waals surface area contributed by atoms with Gasteiger partial charge in [0.2, 0.25) is 5.88 Å². The molecule has 0 atom stereocenters. The number of anilines is 1. The first kappa shape index (κ1) is 11.5. The Hall–Kier alpha value is -2.62. The normalized spacial score (nSPS) is 10.6. The lowest BCUT2D eigenvalue weighted by Gasteiger charge is -2.08. The lowest BCUT2D eigenvalue weighted by Crippen LogP contribution is -1.93. The minimum atomic E-state index is 0.551. The maximum atomic E-state index is 5.82. The minimum Gasteiger partial charge on any atom is -0.438 e. The fourth-order valence-corrected chi connectivity index (χ4v) is 1.88. The van der Waals surface area contributed by atoms with Crippen LogP contribution in [0.1, 0.15) is 5.56 Å². The van der Waals surface area contributed by atoms with Crippen LogP contribution >= 0.6 is 0 Å². The van der Waals surface area contributed by atoms with Gasteiger partial charge in [0.25, 0.3) is 0 Å². The summed E-state index contributed by atoms with van der Waals surface area (Å²) in [5.41, 5.74) is 8.38. The van der Waals surface area contributed by atoms with Crippen LogP contribution in [0, 0.1) is 6.92 Å². The highest BCUT2D eigenvalue weighted by atomic mass is 16.5. The van der Waals surface area contributed by atoms with E-state index in [4.69, 9.17) is 10.5 Å². The van der Waals surface area contributed by atoms with Gasteiger partial charge in [0, 0.05) is 5.69 Å². The van der Waals surface area contributed by atoms with Crippen molar-refractivity contribution in [1.82, 2.24) is 9.97 Å². The van der Waals surface area contributed by atoms with Crippen molar-refractivity contribution >= 4 is 16.6 Å². The summed E-state index contributed by atoms with van der Waals surface area (Å²) in [5.74, 6) is 1.27. The molecule has 1 aromatic heterocycles. The molecular formula is C15H13N3O. The van der Waals surface area contributed by atoms with Crippen molar-refractivity contribution in [2.45, 2.75) is 6.92 Å². The van der Waals surface area contributed by atoms with E-state index in [-0.39, 0.29) is 0 Å². The Labute approximate surface area is 110 Å². The largest absolute Gasteiger partial charge is 0.438 e. The molecular weight excluding hydrogens is 238 g/mol. The van der Waals surface area contributed by atoms with Crippen molar-refractivity contribution < 1.29 is 4.74 Å². The number of aryl methyl sites for hydroxylation is 1. The molecule has 2 N–H and O–H groups in total. The van der Waals surface area contributed by atoms with Crippen LogP contribution in [0.3, 0.4) is 0 Å². The number of nitrogens with two attached hydrogens (primary N) is 1. The zero-order chi connectivity index (χ0) is 13.2. The Morgan fingerprint density at radius 1 is 1.05 bits per heavy atom. The molecule has 2 aromatic carbocycles. The Bertz CT molecular complexity index is 735. The lowest BCUT2D eigenvalue weighted by molar-refractivity contribution is 0.468. The van der Waals surface area contributed by atoms with Crippen molar-refractivity contribution in [3.63, 3.8) is 0 Å². The van der Waals surface area contributed by atoms with E-state index in [9.17, 15) is 0 Å². The highest BCUT2D eigenvalue weighted by Crippen LogP contribution is 2.27. The third-order valence-electron chi connectivity index (χ3n) is 2.96. The van der Waals surface area contributed by atoms with Crippen LogP contribution in [0.4, 0.5) is 5.69 Å². The maximum Gasteiger partial charge on any atom is 0.230 e. The third-order valence-corrected chi connectivity index (χ3v) is 2.96. The number of rotatable bonds is 2. The van der Waals surface area contributed by atoms with Gasteiger partial charge in [-0.1, -0.05) is 12.1 Å². The van der Waals surface area contributed by atoms with Crippen LogP contribution in [0.25, 0.3) is 10.9 Å². The predicted octanol–water partition coefficient (Wildman–Crippen LogP) is 3.31. The standard InChI is InChI=1S/C15H13N3O/c1-10-8-11(6-7-13(10)16)19-15-12-4-2-3-5-14(12)17-9-18-15/h2-9H,16H2,1H3. The average Bonchev–Trinajstić information content (AvgIpc) is 2.43. The molecule has 0 saturated carbocycles. The molecule has 19 heavy (non-hydrogen) atoms. The molecule has 0 spiro atoms. The number of aromatic nitrogens is 2. The van der Waals surface area contributed by atoms with Gasteiger partial charge in [0.05, 0.1) is 10.9 Å². The second-order valence-electron chi connectivity index (χ2n) is 4.32. The molecule has 4 nitrogen and oxygen atoms in total. The summed E-state index contributed by atoms with van der Waals surface area (Å²) in [6, 6.07) is 13.3. The van der Waals surface area contributed by atoms with E-state index in [1.165, 1.54) is 6.33 Å². The van der Waals surface area contributed by atoms with Crippen LogP contribution < -0.4 is 10.5 Å². The number of benzene rings is 2. The SMILES string of the molecule is Cc1cc(Oc2ncnc3ccccc23)ccc1N. The first-order chi connectivity index (χ1) is 9.24. The number of hydrogen-bond acceptors (Lipinski definition) is 4. The van der Waals surface area contributed by atoms with Gasteiger partial charge < -0.3 is 10.5 Å². The molecule has 0 saturated heterocycles. The van der Waals surface area contributed by atoms with E-state index in [1.54, 1.807) is 0 Å². The first-order valence-electron chi connectivity index (χ1n) is 5.98. The van der Waals surface area contributed by atoms with Crippen molar-refractivity contribution in [2.75, 3.05) is 5.73 Å². The number of nitrogen functional groups attached to an aromatic ring is 1. The molecule has 4 heteroatoms. The van der Waals surface area contributed by atoms with Gasteiger partial charge >= 0.3 is 0 Å². The molecule has 0 aliphatic rings. The van der Waals surface area contributed by atoms with Crippen molar-refractivity contribution in [1.29, 1.82) is 0 Å². The van der Waals surface area contributed by atoms with E-state index in [1.807, 2.05) is 49.4 Å². The maximum absolute atomic E-state index is 5.82. The van der Waals surface area contributed by atoms with Gasteiger partial charge in [-0.15, -0.1) is 0 Å². The fourth-order valence-electron chi connectivity index (χ4n) is 1.88. The molecule has 94 valence electrons. The molecule has 0 aliphatic carbocycles. The molecule has 0 amide bonds. The predicted molar refractivity (Wildman–Crippen MR) is 75.2 cm³/mol. The van der Waals surface area contributed by atoms with Gasteiger partial charge in [-0.3, -0.25) is 0 Å². The number of fused-ring (bicyclic) bond motifs is 1. The molecule has 0 unspecified atom stereocenters. The van der Waals surface area contributed by atoms with Gasteiger partial charge in [0.1, 0.15) is 12.1 Å². The summed E-state index contributed by atoms with van der Waals surface area (Å²) < 4.78 is 5.82. The second-order valence-corrected chi connectivity index (χ2v) is 4.32. The van der Waals surface area contributed by atoms with Crippen LogP contribution in [0.15, 0.2) is 48.8 Å². The molecule has 1 heterocycles. The molecule has 3 aromatic rings. The molecule has 0 bridgehead atoms. The highest BCUT2D eigenvalue weighted by Gasteiger charge is 2.06. The van der Waals surface area contributed by atoms with Crippen LogP contribution in [-0.2, 0) is 0 Å².